The van der Waals surface area contributed by atoms with Gasteiger partial charge in [0.1, 0.15) is 7.05 Å². The number of aryl methyl sites for hydroxylation is 3. The maximum absolute atomic E-state index is 6.31. The number of aromatic nitrogens is 2. The van der Waals surface area contributed by atoms with Crippen LogP contribution in [0.4, 0.5) is 0 Å². The Morgan fingerprint density at radius 2 is 1.85 bits per heavy atom. The van der Waals surface area contributed by atoms with Gasteiger partial charge in [-0.2, -0.15) is 0 Å². The maximum atomic E-state index is 6.31. The molecule has 4 aromatic rings. The fourth-order valence-corrected chi connectivity index (χ4v) is 3.83. The van der Waals surface area contributed by atoms with Gasteiger partial charge in [-0.25, -0.2) is 9.55 Å². The van der Waals surface area contributed by atoms with Crippen LogP contribution in [0.2, 0.25) is 0 Å². The molecule has 1 aromatic carbocycles. The molecule has 138 valence electrons. The van der Waals surface area contributed by atoms with E-state index < -0.39 is 0 Å². The Kier molecular flexibility index (Phi) is 4.47. The molecule has 0 aliphatic carbocycles. The van der Waals surface area contributed by atoms with Crippen molar-refractivity contribution in [3.8, 4) is 11.3 Å². The van der Waals surface area contributed by atoms with Gasteiger partial charge in [0.05, 0.1) is 5.56 Å². The van der Waals surface area contributed by atoms with E-state index in [0.717, 1.165) is 46.2 Å². The molecule has 0 radical (unpaired) electrons. The van der Waals surface area contributed by atoms with Crippen molar-refractivity contribution in [1.82, 2.24) is 4.98 Å². The Morgan fingerprint density at radius 3 is 2.59 bits per heavy atom. The lowest BCUT2D eigenvalue weighted by molar-refractivity contribution is -0.660. The lowest BCUT2D eigenvalue weighted by Crippen LogP contribution is -2.31. The number of fused-ring (bicyclic) bond motifs is 3. The normalized spacial score (nSPS) is 11.8. The van der Waals surface area contributed by atoms with Gasteiger partial charge in [0.15, 0.2) is 11.8 Å². The van der Waals surface area contributed by atoms with E-state index in [0.29, 0.717) is 5.92 Å². The van der Waals surface area contributed by atoms with Crippen LogP contribution in [-0.4, -0.2) is 4.98 Å². The predicted molar refractivity (Wildman–Crippen MR) is 111 cm³/mol. The smallest absolute Gasteiger partial charge is 0.227 e. The topological polar surface area (TPSA) is 29.9 Å². The highest BCUT2D eigenvalue weighted by Crippen LogP contribution is 2.36. The number of hydrogen-bond acceptors (Lipinski definition) is 2. The fraction of sp³-hybridized carbons (Fsp3) is 0.333. The second-order valence-corrected chi connectivity index (χ2v) is 7.87. The van der Waals surface area contributed by atoms with Gasteiger partial charge in [0.25, 0.3) is 0 Å². The summed E-state index contributed by atoms with van der Waals surface area (Å²) in [5.41, 5.74) is 7.65. The van der Waals surface area contributed by atoms with Crippen LogP contribution in [0.1, 0.15) is 37.6 Å². The molecule has 0 fully saturated rings. The molecule has 0 aliphatic heterocycles. The third-order valence-electron chi connectivity index (χ3n) is 5.25. The highest BCUT2D eigenvalue weighted by atomic mass is 16.3. The minimum Gasteiger partial charge on any atom is -0.437 e. The first-order valence-corrected chi connectivity index (χ1v) is 9.78. The quantitative estimate of drug-likeness (QED) is 0.448. The first kappa shape index (κ1) is 17.7. The van der Waals surface area contributed by atoms with E-state index in [-0.39, 0.29) is 0 Å². The second-order valence-electron chi connectivity index (χ2n) is 7.87. The van der Waals surface area contributed by atoms with E-state index in [1.54, 1.807) is 0 Å². The highest BCUT2D eigenvalue weighted by molar-refractivity contribution is 6.08. The molecule has 27 heavy (non-hydrogen) atoms. The molecule has 3 aromatic heterocycles. The standard InChI is InChI=1S/C24H27N2O/c1-6-18-8-10-20-19-9-7-16(4)22(23(19)27-24(20)25-18)21-14-17(13-15(2)3)11-12-26(21)5/h7-12,14-15H,6,13H2,1-5H3/q+1. The van der Waals surface area contributed by atoms with Crippen molar-refractivity contribution in [2.45, 2.75) is 40.5 Å². The summed E-state index contributed by atoms with van der Waals surface area (Å²) in [4.78, 5) is 4.70. The third kappa shape index (κ3) is 3.12. The highest BCUT2D eigenvalue weighted by Gasteiger charge is 2.21. The zero-order valence-corrected chi connectivity index (χ0v) is 16.8. The predicted octanol–water partition coefficient (Wildman–Crippen LogP) is 5.54. The number of pyridine rings is 2. The van der Waals surface area contributed by atoms with Gasteiger partial charge in [0.2, 0.25) is 11.4 Å². The van der Waals surface area contributed by atoms with Crippen molar-refractivity contribution in [3.63, 3.8) is 0 Å². The van der Waals surface area contributed by atoms with E-state index in [2.05, 4.69) is 81.9 Å². The number of hydrogen-bond donors (Lipinski definition) is 0. The average Bonchev–Trinajstić information content (AvgIpc) is 3.00. The maximum Gasteiger partial charge on any atom is 0.227 e. The summed E-state index contributed by atoms with van der Waals surface area (Å²) >= 11 is 0. The van der Waals surface area contributed by atoms with Crippen LogP contribution in [-0.2, 0) is 19.9 Å². The zero-order valence-electron chi connectivity index (χ0n) is 16.8. The van der Waals surface area contributed by atoms with E-state index in [1.807, 2.05) is 0 Å². The van der Waals surface area contributed by atoms with Gasteiger partial charge >= 0.3 is 0 Å². The Morgan fingerprint density at radius 1 is 1.07 bits per heavy atom. The molecule has 0 amide bonds. The molecule has 3 heterocycles. The van der Waals surface area contributed by atoms with Crippen LogP contribution in [0, 0.1) is 12.8 Å². The lowest BCUT2D eigenvalue weighted by Gasteiger charge is -2.09. The van der Waals surface area contributed by atoms with Crippen molar-refractivity contribution in [2.24, 2.45) is 13.0 Å². The molecule has 0 spiro atoms. The van der Waals surface area contributed by atoms with Crippen molar-refractivity contribution in [2.75, 3.05) is 0 Å². The van der Waals surface area contributed by atoms with Gasteiger partial charge in [-0.3, -0.25) is 0 Å². The van der Waals surface area contributed by atoms with Crippen LogP contribution >= 0.6 is 0 Å². The van der Waals surface area contributed by atoms with Crippen LogP contribution in [0.3, 0.4) is 0 Å². The number of furan rings is 1. The van der Waals surface area contributed by atoms with Gasteiger partial charge in [0, 0.05) is 28.6 Å². The van der Waals surface area contributed by atoms with E-state index >= 15 is 0 Å². The molecule has 0 unspecified atom stereocenters. The Bertz CT molecular complexity index is 1140. The van der Waals surface area contributed by atoms with Gasteiger partial charge in [-0.1, -0.05) is 32.9 Å². The van der Waals surface area contributed by atoms with Crippen LogP contribution in [0.25, 0.3) is 33.3 Å². The minimum absolute atomic E-state index is 0.630. The largest absolute Gasteiger partial charge is 0.437 e. The minimum atomic E-state index is 0.630. The fourth-order valence-electron chi connectivity index (χ4n) is 3.83. The van der Waals surface area contributed by atoms with Gasteiger partial charge in [-0.15, -0.1) is 0 Å². The van der Waals surface area contributed by atoms with E-state index in [9.17, 15) is 0 Å². The van der Waals surface area contributed by atoms with E-state index in [4.69, 9.17) is 9.40 Å². The lowest BCUT2D eigenvalue weighted by atomic mass is 9.97. The summed E-state index contributed by atoms with van der Waals surface area (Å²) in [6.45, 7) is 8.79. The third-order valence-corrected chi connectivity index (χ3v) is 5.25. The molecule has 3 nitrogen and oxygen atoms in total. The molecule has 4 rings (SSSR count). The van der Waals surface area contributed by atoms with Crippen LogP contribution < -0.4 is 4.57 Å². The molecule has 3 heteroatoms. The molecule has 0 saturated carbocycles. The van der Waals surface area contributed by atoms with Crippen molar-refractivity contribution >= 4 is 22.1 Å². The summed E-state index contributed by atoms with van der Waals surface area (Å²) in [6, 6.07) is 13.1. The Labute approximate surface area is 160 Å². The van der Waals surface area contributed by atoms with Gasteiger partial charge < -0.3 is 4.42 Å². The number of rotatable bonds is 4. The molecule has 0 atom stereocenters. The van der Waals surface area contributed by atoms with Crippen molar-refractivity contribution < 1.29 is 8.98 Å². The zero-order chi connectivity index (χ0) is 19.1. The second kappa shape index (κ2) is 6.80. The molecular weight excluding hydrogens is 332 g/mol. The summed E-state index contributed by atoms with van der Waals surface area (Å²) in [7, 11) is 2.10. The average molecular weight is 359 g/mol. The van der Waals surface area contributed by atoms with Crippen LogP contribution in [0.15, 0.2) is 47.0 Å². The summed E-state index contributed by atoms with van der Waals surface area (Å²) in [5, 5.41) is 2.22. The summed E-state index contributed by atoms with van der Waals surface area (Å²) in [5.74, 6) is 0.630. The van der Waals surface area contributed by atoms with Gasteiger partial charge in [-0.05, 0) is 48.9 Å². The summed E-state index contributed by atoms with van der Waals surface area (Å²) in [6.07, 6.45) is 4.14. The SMILES string of the molecule is CCc1ccc2c(n1)oc1c(-c3cc(CC(C)C)cc[n+]3C)c(C)ccc12. The Hall–Kier alpha value is -2.68. The first-order chi connectivity index (χ1) is 13.0. The van der Waals surface area contributed by atoms with E-state index in [1.165, 1.54) is 16.8 Å². The molecular formula is C24H27N2O+. The Balaban J connectivity index is 2.00. The molecule has 0 N–H and O–H groups in total. The first-order valence-electron chi connectivity index (χ1n) is 9.78. The summed E-state index contributed by atoms with van der Waals surface area (Å²) < 4.78 is 8.50. The molecule has 0 bridgehead atoms. The van der Waals surface area contributed by atoms with Crippen molar-refractivity contribution in [1.29, 1.82) is 0 Å². The number of nitrogens with zero attached hydrogens (tertiary/aromatic N) is 2. The molecule has 0 saturated heterocycles. The monoisotopic (exact) mass is 359 g/mol. The van der Waals surface area contributed by atoms with Crippen LogP contribution in [0.5, 0.6) is 0 Å². The molecule has 0 aliphatic rings. The number of benzene rings is 1. The van der Waals surface area contributed by atoms with Crippen molar-refractivity contribution in [3.05, 3.63) is 59.4 Å².